The third-order valence-corrected chi connectivity index (χ3v) is 7.38. The Morgan fingerprint density at radius 3 is 2.59 bits per heavy atom. The molecule has 0 bridgehead atoms. The van der Waals surface area contributed by atoms with Crippen LogP contribution in [-0.2, 0) is 4.79 Å². The molecule has 2 aliphatic heterocycles. The van der Waals surface area contributed by atoms with Crippen LogP contribution in [0, 0.1) is 6.92 Å². The van der Waals surface area contributed by atoms with Crippen LogP contribution in [0.3, 0.4) is 0 Å². The first-order chi connectivity index (χ1) is 15.9. The van der Waals surface area contributed by atoms with Crippen molar-refractivity contribution in [2.45, 2.75) is 64.6 Å². The van der Waals surface area contributed by atoms with Crippen molar-refractivity contribution in [2.24, 2.45) is 0 Å². The number of anilines is 1. The number of aryl methyl sites for hydroxylation is 1. The third-order valence-electron chi connectivity index (χ3n) is 6.00. The fraction of sp³-hybridized carbons (Fsp3) is 0.440. The van der Waals surface area contributed by atoms with Crippen LogP contribution in [0.2, 0.25) is 0 Å². The number of piperidine rings is 1. The van der Waals surface area contributed by atoms with Crippen molar-refractivity contribution in [1.29, 1.82) is 0 Å². The molecule has 7 nitrogen and oxygen atoms in total. The van der Waals surface area contributed by atoms with Crippen LogP contribution in [0.5, 0.6) is 0 Å². The Bertz CT molecular complexity index is 1260. The topological polar surface area (TPSA) is 78.7 Å². The lowest BCUT2D eigenvalue weighted by Crippen LogP contribution is -2.60. The van der Waals surface area contributed by atoms with Crippen LogP contribution in [0.25, 0.3) is 11.7 Å². The molecule has 2 saturated heterocycles. The number of thioether (sulfide) groups is 1. The number of carbonyl (C=O) groups is 1. The monoisotopic (exact) mass is 497 g/mol. The number of rotatable bonds is 5. The maximum Gasteiger partial charge on any atom is 0.267 e. The average molecular weight is 498 g/mol. The van der Waals surface area contributed by atoms with Crippen molar-refractivity contribution in [1.82, 2.24) is 19.6 Å². The van der Waals surface area contributed by atoms with Crippen molar-refractivity contribution in [3.8, 4) is 0 Å². The van der Waals surface area contributed by atoms with Crippen molar-refractivity contribution in [2.75, 3.05) is 11.9 Å². The zero-order chi connectivity index (χ0) is 24.8. The molecular formula is C25H31N5O2S2. The highest BCUT2D eigenvalue weighted by Crippen LogP contribution is 2.34. The van der Waals surface area contributed by atoms with Crippen LogP contribution < -0.4 is 16.2 Å². The van der Waals surface area contributed by atoms with Gasteiger partial charge in [-0.05, 0) is 65.2 Å². The lowest BCUT2D eigenvalue weighted by atomic mass is 9.79. The summed E-state index contributed by atoms with van der Waals surface area (Å²) in [5.74, 6) is 0.264. The summed E-state index contributed by atoms with van der Waals surface area (Å²) in [4.78, 5) is 33.3. The molecule has 0 aromatic carbocycles. The van der Waals surface area contributed by atoms with Gasteiger partial charge in [0, 0.05) is 29.9 Å². The minimum Gasteiger partial charge on any atom is -0.366 e. The van der Waals surface area contributed by atoms with E-state index in [1.807, 2.05) is 19.1 Å². The summed E-state index contributed by atoms with van der Waals surface area (Å²) in [6.45, 7) is 14.7. The van der Waals surface area contributed by atoms with E-state index in [0.717, 1.165) is 18.4 Å². The molecule has 2 N–H and O–H groups in total. The van der Waals surface area contributed by atoms with Crippen LogP contribution in [0.1, 0.15) is 51.7 Å². The predicted molar refractivity (Wildman–Crippen MR) is 144 cm³/mol. The number of nitrogens with one attached hydrogen (secondary N) is 2. The quantitative estimate of drug-likeness (QED) is 0.366. The molecule has 4 rings (SSSR count). The summed E-state index contributed by atoms with van der Waals surface area (Å²) in [6, 6.07) is 3.88. The summed E-state index contributed by atoms with van der Waals surface area (Å²) in [7, 11) is 0. The molecule has 4 heterocycles. The zero-order valence-corrected chi connectivity index (χ0v) is 21.9. The molecule has 0 saturated carbocycles. The van der Waals surface area contributed by atoms with E-state index in [4.69, 9.17) is 17.2 Å². The highest BCUT2D eigenvalue weighted by atomic mass is 32.2. The van der Waals surface area contributed by atoms with Crippen LogP contribution in [0.4, 0.5) is 5.82 Å². The van der Waals surface area contributed by atoms with E-state index in [1.54, 1.807) is 18.3 Å². The van der Waals surface area contributed by atoms with Gasteiger partial charge in [-0.1, -0.05) is 36.1 Å². The summed E-state index contributed by atoms with van der Waals surface area (Å²) in [5.41, 5.74) is 1.49. The van der Waals surface area contributed by atoms with Crippen molar-refractivity contribution < 1.29 is 4.79 Å². The lowest BCUT2D eigenvalue weighted by molar-refractivity contribution is -0.121. The predicted octanol–water partition coefficient (Wildman–Crippen LogP) is 4.11. The number of pyridine rings is 1. The second kappa shape index (κ2) is 8.94. The molecule has 2 fully saturated rings. The second-order valence-corrected chi connectivity index (χ2v) is 12.0. The van der Waals surface area contributed by atoms with Gasteiger partial charge in [-0.15, -0.1) is 6.58 Å². The average Bonchev–Trinajstić information content (AvgIpc) is 2.97. The molecule has 34 heavy (non-hydrogen) atoms. The standard InChI is InChI=1S/C25H31N5O2S2/c1-7-10-29-22(32)18(34-23(29)33)11-17-20(26-16-12-24(3,4)28-25(5,6)13-16)27-19-9-8-15(2)14-30(19)21(17)31/h7-9,11,14,16,26,28H,1,10,12-13H2,2-6H3/b18-11-. The van der Waals surface area contributed by atoms with E-state index in [1.165, 1.54) is 21.1 Å². The molecule has 0 spiro atoms. The van der Waals surface area contributed by atoms with Crippen LogP contribution in [-0.4, -0.2) is 48.2 Å². The molecule has 0 atom stereocenters. The Labute approximate surface area is 209 Å². The highest BCUT2D eigenvalue weighted by molar-refractivity contribution is 8.26. The van der Waals surface area contributed by atoms with Gasteiger partial charge in [0.05, 0.1) is 10.5 Å². The largest absolute Gasteiger partial charge is 0.366 e. The van der Waals surface area contributed by atoms with E-state index >= 15 is 0 Å². The van der Waals surface area contributed by atoms with Gasteiger partial charge in [-0.3, -0.25) is 18.9 Å². The number of nitrogens with zero attached hydrogens (tertiary/aromatic N) is 3. The van der Waals surface area contributed by atoms with Crippen LogP contribution >= 0.6 is 24.0 Å². The fourth-order valence-corrected chi connectivity index (χ4v) is 6.29. The Morgan fingerprint density at radius 1 is 1.26 bits per heavy atom. The summed E-state index contributed by atoms with van der Waals surface area (Å²) >= 11 is 6.57. The molecule has 2 aliphatic rings. The van der Waals surface area contributed by atoms with Gasteiger partial charge in [-0.2, -0.15) is 0 Å². The number of carbonyl (C=O) groups excluding carboxylic acids is 1. The Morgan fingerprint density at radius 2 is 1.94 bits per heavy atom. The number of hydrogen-bond acceptors (Lipinski definition) is 7. The molecular weight excluding hydrogens is 466 g/mol. The minimum atomic E-state index is -0.224. The lowest BCUT2D eigenvalue weighted by Gasteiger charge is -2.46. The van der Waals surface area contributed by atoms with E-state index in [9.17, 15) is 9.59 Å². The molecule has 9 heteroatoms. The molecule has 2 aromatic heterocycles. The second-order valence-electron chi connectivity index (χ2n) is 10.3. The highest BCUT2D eigenvalue weighted by Gasteiger charge is 2.38. The van der Waals surface area contributed by atoms with Crippen molar-refractivity contribution >= 4 is 51.7 Å². The van der Waals surface area contributed by atoms with Gasteiger partial charge in [0.15, 0.2) is 0 Å². The van der Waals surface area contributed by atoms with Crippen molar-refractivity contribution in [3.05, 3.63) is 57.4 Å². The third kappa shape index (κ3) is 4.96. The first-order valence-electron chi connectivity index (χ1n) is 11.3. The maximum atomic E-state index is 13.6. The number of thiocarbonyl (C=S) groups is 1. The maximum absolute atomic E-state index is 13.6. The zero-order valence-electron chi connectivity index (χ0n) is 20.3. The molecule has 1 amide bonds. The molecule has 2 aromatic rings. The van der Waals surface area contributed by atoms with Gasteiger partial charge in [0.25, 0.3) is 11.5 Å². The SMILES string of the molecule is C=CCN1C(=O)/C(=C/c2c(NC3CC(C)(C)NC(C)(C)C3)nc3ccc(C)cn3c2=O)SC1=S. The van der Waals surface area contributed by atoms with Gasteiger partial charge in [-0.25, -0.2) is 4.98 Å². The van der Waals surface area contributed by atoms with E-state index < -0.39 is 0 Å². The van der Waals surface area contributed by atoms with Gasteiger partial charge < -0.3 is 10.6 Å². The summed E-state index contributed by atoms with van der Waals surface area (Å²) in [5, 5.41) is 7.23. The normalized spacial score (nSPS) is 21.4. The number of fused-ring (bicyclic) bond motifs is 1. The number of hydrogen-bond donors (Lipinski definition) is 2. The number of aromatic nitrogens is 2. The van der Waals surface area contributed by atoms with E-state index in [0.29, 0.717) is 32.8 Å². The summed E-state index contributed by atoms with van der Waals surface area (Å²) in [6.07, 6.45) is 6.77. The molecule has 0 radical (unpaired) electrons. The molecule has 0 unspecified atom stereocenters. The fourth-order valence-electron chi connectivity index (χ4n) is 5.03. The summed E-state index contributed by atoms with van der Waals surface area (Å²) < 4.78 is 1.99. The van der Waals surface area contributed by atoms with Gasteiger partial charge in [0.2, 0.25) is 0 Å². The van der Waals surface area contributed by atoms with E-state index in [2.05, 4.69) is 44.9 Å². The van der Waals surface area contributed by atoms with Gasteiger partial charge in [0.1, 0.15) is 15.8 Å². The molecule has 180 valence electrons. The Kier molecular flexibility index (Phi) is 6.48. The van der Waals surface area contributed by atoms with Crippen LogP contribution in [0.15, 0.2) is 40.7 Å². The van der Waals surface area contributed by atoms with E-state index in [-0.39, 0.29) is 28.6 Å². The first kappa shape index (κ1) is 24.6. The first-order valence-corrected chi connectivity index (χ1v) is 12.6. The Balaban J connectivity index is 1.82. The number of amides is 1. The Hall–Kier alpha value is -2.49. The van der Waals surface area contributed by atoms with Gasteiger partial charge >= 0.3 is 0 Å². The molecule has 0 aliphatic carbocycles. The van der Waals surface area contributed by atoms with Crippen molar-refractivity contribution in [3.63, 3.8) is 0 Å². The minimum absolute atomic E-state index is 0.0737. The smallest absolute Gasteiger partial charge is 0.267 e.